The van der Waals surface area contributed by atoms with Crippen molar-refractivity contribution in [1.29, 1.82) is 0 Å². The number of ether oxygens (including phenoxy) is 1. The fourth-order valence-corrected chi connectivity index (χ4v) is 3.72. The molecule has 0 spiro atoms. The Morgan fingerprint density at radius 1 is 1.47 bits per heavy atom. The summed E-state index contributed by atoms with van der Waals surface area (Å²) in [5.41, 5.74) is 0.239. The van der Waals surface area contributed by atoms with Gasteiger partial charge in [-0.2, -0.15) is 0 Å². The molecule has 3 unspecified atom stereocenters. The summed E-state index contributed by atoms with van der Waals surface area (Å²) < 4.78 is 5.68. The highest BCUT2D eigenvalue weighted by atomic mass is 32.1. The van der Waals surface area contributed by atoms with Crippen molar-refractivity contribution in [3.05, 3.63) is 12.2 Å². The van der Waals surface area contributed by atoms with Crippen LogP contribution in [-0.2, 0) is 9.53 Å². The van der Waals surface area contributed by atoms with E-state index >= 15 is 0 Å². The van der Waals surface area contributed by atoms with Gasteiger partial charge in [-0.25, -0.2) is 4.79 Å². The normalized spacial score (nSPS) is 37.8. The van der Waals surface area contributed by atoms with Gasteiger partial charge in [0, 0.05) is 11.3 Å². The maximum absolute atomic E-state index is 11.8. The molecule has 3 aliphatic carbocycles. The summed E-state index contributed by atoms with van der Waals surface area (Å²) in [4.78, 5) is 11.8. The Balaban J connectivity index is 2.12. The molecule has 0 aliphatic heterocycles. The maximum atomic E-state index is 11.8. The van der Waals surface area contributed by atoms with E-state index in [4.69, 9.17) is 17.0 Å². The van der Waals surface area contributed by atoms with E-state index in [-0.39, 0.29) is 17.1 Å². The Hall–Kier alpha value is -0.700. The molecule has 17 heavy (non-hydrogen) atoms. The van der Waals surface area contributed by atoms with E-state index in [9.17, 15) is 4.79 Å². The van der Waals surface area contributed by atoms with E-state index in [2.05, 4.69) is 27.4 Å². The topological polar surface area (TPSA) is 26.3 Å². The van der Waals surface area contributed by atoms with Crippen molar-refractivity contribution < 1.29 is 9.53 Å². The van der Waals surface area contributed by atoms with Crippen molar-refractivity contribution in [2.75, 3.05) is 0 Å². The fourth-order valence-electron chi connectivity index (χ4n) is 3.62. The second-order valence-electron chi connectivity index (χ2n) is 6.19. The van der Waals surface area contributed by atoms with Gasteiger partial charge in [0.05, 0.1) is 5.57 Å². The van der Waals surface area contributed by atoms with Crippen molar-refractivity contribution in [2.45, 2.75) is 45.6 Å². The largest absolute Gasteiger partial charge is 0.455 e. The first-order valence-corrected chi connectivity index (χ1v) is 6.66. The number of carbonyl (C=O) groups is 1. The molecule has 3 heteroatoms. The molecule has 0 aromatic carbocycles. The van der Waals surface area contributed by atoms with Gasteiger partial charge < -0.3 is 4.74 Å². The molecule has 0 N–H and O–H groups in total. The number of esters is 1. The molecular formula is C14H20O2S. The van der Waals surface area contributed by atoms with Crippen molar-refractivity contribution in [1.82, 2.24) is 0 Å². The summed E-state index contributed by atoms with van der Waals surface area (Å²) >= 11 is 4.71. The minimum Gasteiger partial charge on any atom is -0.455 e. The molecule has 2 bridgehead atoms. The van der Waals surface area contributed by atoms with Crippen LogP contribution in [-0.4, -0.2) is 16.9 Å². The quantitative estimate of drug-likeness (QED) is 0.438. The number of hydrogen-bond acceptors (Lipinski definition) is 3. The average Bonchev–Trinajstić information content (AvgIpc) is 2.26. The highest BCUT2D eigenvalue weighted by molar-refractivity contribution is 7.79. The molecule has 0 radical (unpaired) electrons. The SMILES string of the molecule is C=C(C=S)C(=O)OC1(C)CCC2CC1C2(C)C. The monoisotopic (exact) mass is 252 g/mol. The summed E-state index contributed by atoms with van der Waals surface area (Å²) in [6, 6.07) is 0. The number of thiocarbonyl (C=S) groups is 1. The summed E-state index contributed by atoms with van der Waals surface area (Å²) in [6.45, 7) is 10.2. The Bertz CT molecular complexity index is 384. The Labute approximate surface area is 108 Å². The predicted octanol–water partition coefficient (Wildman–Crippen LogP) is 3.30. The molecule has 3 aliphatic rings. The van der Waals surface area contributed by atoms with E-state index in [1.165, 1.54) is 11.8 Å². The minimum atomic E-state index is -0.358. The average molecular weight is 252 g/mol. The van der Waals surface area contributed by atoms with E-state index in [0.29, 0.717) is 11.3 Å². The molecule has 3 fully saturated rings. The molecule has 3 rings (SSSR count). The van der Waals surface area contributed by atoms with Crippen LogP contribution in [0.4, 0.5) is 0 Å². The molecule has 0 amide bonds. The zero-order valence-corrected chi connectivity index (χ0v) is 11.6. The van der Waals surface area contributed by atoms with E-state index in [1.807, 2.05) is 0 Å². The third kappa shape index (κ3) is 1.85. The minimum absolute atomic E-state index is 0.278. The van der Waals surface area contributed by atoms with Gasteiger partial charge >= 0.3 is 5.97 Å². The van der Waals surface area contributed by atoms with Gasteiger partial charge in [-0.05, 0) is 37.5 Å². The van der Waals surface area contributed by atoms with Crippen LogP contribution >= 0.6 is 12.2 Å². The molecular weight excluding hydrogens is 232 g/mol. The number of rotatable bonds is 3. The lowest BCUT2D eigenvalue weighted by Crippen LogP contribution is -2.61. The highest BCUT2D eigenvalue weighted by Gasteiger charge is 2.61. The Morgan fingerprint density at radius 2 is 2.12 bits per heavy atom. The summed E-state index contributed by atoms with van der Waals surface area (Å²) in [5.74, 6) is 0.910. The van der Waals surface area contributed by atoms with Crippen LogP contribution in [0.25, 0.3) is 0 Å². The maximum Gasteiger partial charge on any atom is 0.338 e. The molecule has 3 saturated carbocycles. The van der Waals surface area contributed by atoms with Crippen LogP contribution in [0.15, 0.2) is 12.2 Å². The van der Waals surface area contributed by atoms with Gasteiger partial charge in [0.15, 0.2) is 0 Å². The van der Waals surface area contributed by atoms with E-state index in [0.717, 1.165) is 18.8 Å². The lowest BCUT2D eigenvalue weighted by atomic mass is 9.44. The molecule has 0 aromatic heterocycles. The van der Waals surface area contributed by atoms with Gasteiger partial charge in [0.2, 0.25) is 0 Å². The van der Waals surface area contributed by atoms with E-state index < -0.39 is 0 Å². The smallest absolute Gasteiger partial charge is 0.338 e. The second kappa shape index (κ2) is 3.91. The van der Waals surface area contributed by atoms with Crippen LogP contribution in [0.2, 0.25) is 0 Å². The molecule has 2 nitrogen and oxygen atoms in total. The van der Waals surface area contributed by atoms with Crippen LogP contribution < -0.4 is 0 Å². The van der Waals surface area contributed by atoms with Crippen LogP contribution in [0.1, 0.15) is 40.0 Å². The van der Waals surface area contributed by atoms with Gasteiger partial charge in [0.1, 0.15) is 5.60 Å². The first-order chi connectivity index (χ1) is 7.81. The Morgan fingerprint density at radius 3 is 2.59 bits per heavy atom. The molecule has 0 saturated heterocycles. The highest BCUT2D eigenvalue weighted by Crippen LogP contribution is 2.63. The van der Waals surface area contributed by atoms with Crippen molar-refractivity contribution in [3.63, 3.8) is 0 Å². The molecule has 94 valence electrons. The van der Waals surface area contributed by atoms with E-state index in [1.54, 1.807) is 0 Å². The molecule has 0 heterocycles. The third-order valence-electron chi connectivity index (χ3n) is 4.93. The predicted molar refractivity (Wildman–Crippen MR) is 71.9 cm³/mol. The first-order valence-electron chi connectivity index (χ1n) is 6.18. The number of carbonyl (C=O) groups excluding carboxylic acids is 1. The fraction of sp³-hybridized carbons (Fsp3) is 0.714. The van der Waals surface area contributed by atoms with Crippen LogP contribution in [0.3, 0.4) is 0 Å². The zero-order chi connectivity index (χ0) is 12.8. The molecule has 0 aromatic rings. The second-order valence-corrected chi connectivity index (χ2v) is 6.43. The van der Waals surface area contributed by atoms with Crippen LogP contribution in [0.5, 0.6) is 0 Å². The third-order valence-corrected chi connectivity index (χ3v) is 5.21. The lowest BCUT2D eigenvalue weighted by Gasteiger charge is -2.63. The lowest BCUT2D eigenvalue weighted by molar-refractivity contribution is -0.214. The number of fused-ring (bicyclic) bond motifs is 2. The van der Waals surface area contributed by atoms with Gasteiger partial charge in [-0.15, -0.1) is 0 Å². The Kier molecular flexibility index (Phi) is 2.93. The van der Waals surface area contributed by atoms with Crippen molar-refractivity contribution in [2.24, 2.45) is 17.3 Å². The van der Waals surface area contributed by atoms with Crippen LogP contribution in [0, 0.1) is 17.3 Å². The first kappa shape index (κ1) is 12.7. The number of hydrogen-bond donors (Lipinski definition) is 0. The summed E-state index contributed by atoms with van der Waals surface area (Å²) in [5, 5.41) is 1.29. The zero-order valence-electron chi connectivity index (χ0n) is 10.8. The van der Waals surface area contributed by atoms with Crippen molar-refractivity contribution >= 4 is 23.6 Å². The summed E-state index contributed by atoms with van der Waals surface area (Å²) in [6.07, 6.45) is 3.29. The standard InChI is InChI=1S/C14H20O2S/c1-9(8-17)12(15)16-14(4)6-5-10-7-11(14)13(10,2)3/h8,10-11H,1,5-7H2,2-4H3. The van der Waals surface area contributed by atoms with Crippen molar-refractivity contribution in [3.8, 4) is 0 Å². The molecule has 3 atom stereocenters. The van der Waals surface area contributed by atoms with Gasteiger partial charge in [0.25, 0.3) is 0 Å². The van der Waals surface area contributed by atoms with Gasteiger partial charge in [-0.1, -0.05) is 32.6 Å². The van der Waals surface area contributed by atoms with Gasteiger partial charge in [-0.3, -0.25) is 0 Å². The summed E-state index contributed by atoms with van der Waals surface area (Å²) in [7, 11) is 0.